The van der Waals surface area contributed by atoms with Crippen LogP contribution < -0.4 is 4.74 Å². The summed E-state index contributed by atoms with van der Waals surface area (Å²) < 4.78 is 11.9. The molecule has 0 saturated carbocycles. The van der Waals surface area contributed by atoms with Gasteiger partial charge < -0.3 is 19.3 Å². The normalized spacial score (nSPS) is 19.1. The van der Waals surface area contributed by atoms with Gasteiger partial charge in [0.05, 0.1) is 12.1 Å². The van der Waals surface area contributed by atoms with Crippen molar-refractivity contribution >= 4 is 23.2 Å². The Morgan fingerprint density at radius 3 is 2.67 bits per heavy atom. The molecule has 36 heavy (non-hydrogen) atoms. The zero-order valence-electron chi connectivity index (χ0n) is 20.6. The third-order valence-electron chi connectivity index (χ3n) is 6.93. The molecule has 0 radical (unpaired) electrons. The summed E-state index contributed by atoms with van der Waals surface area (Å²) in [4.78, 5) is 32.1. The van der Waals surface area contributed by atoms with Gasteiger partial charge in [0.1, 0.15) is 18.9 Å². The van der Waals surface area contributed by atoms with E-state index in [-0.39, 0.29) is 30.5 Å². The lowest BCUT2D eigenvalue weighted by Crippen LogP contribution is -2.49. The minimum atomic E-state index is -0.188. The van der Waals surface area contributed by atoms with E-state index in [0.717, 1.165) is 36.1 Å². The summed E-state index contributed by atoms with van der Waals surface area (Å²) in [5, 5.41) is 2.08. The molecule has 3 aromatic rings. The maximum atomic E-state index is 13.8. The number of hydrogen-bond donors (Lipinski definition) is 0. The van der Waals surface area contributed by atoms with Gasteiger partial charge in [-0.3, -0.25) is 9.59 Å². The molecule has 0 bridgehead atoms. The van der Waals surface area contributed by atoms with Crippen molar-refractivity contribution in [3.8, 4) is 5.75 Å². The highest BCUT2D eigenvalue weighted by molar-refractivity contribution is 7.10. The van der Waals surface area contributed by atoms with E-state index in [2.05, 4.69) is 11.4 Å². The Bertz CT molecular complexity index is 1170. The maximum absolute atomic E-state index is 13.8. The quantitative estimate of drug-likeness (QED) is 0.439. The van der Waals surface area contributed by atoms with Crippen molar-refractivity contribution in [1.29, 1.82) is 0 Å². The Kier molecular flexibility index (Phi) is 7.68. The number of fused-ring (bicyclic) bond motifs is 1. The van der Waals surface area contributed by atoms with Crippen molar-refractivity contribution in [3.63, 3.8) is 0 Å². The number of thiophene rings is 1. The molecule has 0 spiro atoms. The van der Waals surface area contributed by atoms with E-state index >= 15 is 0 Å². The second-order valence-electron chi connectivity index (χ2n) is 9.46. The van der Waals surface area contributed by atoms with E-state index in [1.54, 1.807) is 16.2 Å². The number of para-hydroxylation sites is 1. The molecular formula is C29H32N2O4S. The summed E-state index contributed by atoms with van der Waals surface area (Å²) in [5.74, 6) is 0.581. The average Bonchev–Trinajstić information content (AvgIpc) is 3.59. The van der Waals surface area contributed by atoms with Gasteiger partial charge in [-0.1, -0.05) is 35.9 Å². The number of amides is 2. The van der Waals surface area contributed by atoms with E-state index in [1.807, 2.05) is 66.4 Å². The number of benzene rings is 2. The highest BCUT2D eigenvalue weighted by Gasteiger charge is 2.34. The second kappa shape index (κ2) is 11.3. The molecule has 7 heteroatoms. The Hall–Kier alpha value is -3.16. The molecule has 2 aliphatic rings. The van der Waals surface area contributed by atoms with Crippen LogP contribution in [0, 0.1) is 6.92 Å². The fraction of sp³-hybridized carbons (Fsp3) is 0.379. The summed E-state index contributed by atoms with van der Waals surface area (Å²) in [6.45, 7) is 4.12. The molecule has 3 heterocycles. The molecule has 1 fully saturated rings. The van der Waals surface area contributed by atoms with Crippen molar-refractivity contribution < 1.29 is 19.1 Å². The third-order valence-corrected chi connectivity index (χ3v) is 7.92. The minimum Gasteiger partial charge on any atom is -0.491 e. The van der Waals surface area contributed by atoms with Gasteiger partial charge in [-0.05, 0) is 67.5 Å². The highest BCUT2D eigenvalue weighted by atomic mass is 32.1. The van der Waals surface area contributed by atoms with Crippen LogP contribution in [0.15, 0.2) is 66.0 Å². The molecule has 2 amide bonds. The molecule has 2 aromatic carbocycles. The van der Waals surface area contributed by atoms with E-state index in [0.29, 0.717) is 31.9 Å². The van der Waals surface area contributed by atoms with Gasteiger partial charge in [-0.15, -0.1) is 11.3 Å². The van der Waals surface area contributed by atoms with E-state index < -0.39 is 0 Å². The van der Waals surface area contributed by atoms with Gasteiger partial charge in [-0.25, -0.2) is 0 Å². The van der Waals surface area contributed by atoms with E-state index in [1.165, 1.54) is 4.88 Å². The molecule has 1 saturated heterocycles. The van der Waals surface area contributed by atoms with Crippen molar-refractivity contribution in [1.82, 2.24) is 9.80 Å². The smallest absolute Gasteiger partial charge is 0.254 e. The lowest BCUT2D eigenvalue weighted by molar-refractivity contribution is -0.135. The van der Waals surface area contributed by atoms with Crippen LogP contribution in [0.5, 0.6) is 5.75 Å². The predicted octanol–water partition coefficient (Wildman–Crippen LogP) is 4.88. The standard InChI is InChI=1S/C29H32N2O4S/c1-21-9-11-22(12-10-21)29(33)30(18-24-8-5-16-34-24)19-28(32)31-15-13-27-25(14-17-36-27)26(31)20-35-23-6-3-2-4-7-23/h2-4,6-7,9-12,14,17,24,26H,5,8,13,15-16,18-20H2,1H3. The highest BCUT2D eigenvalue weighted by Crippen LogP contribution is 2.34. The number of carbonyl (C=O) groups excluding carboxylic acids is 2. The Labute approximate surface area is 216 Å². The molecule has 1 aromatic heterocycles. The lowest BCUT2D eigenvalue weighted by atomic mass is 10.00. The van der Waals surface area contributed by atoms with Crippen molar-refractivity contribution in [2.24, 2.45) is 0 Å². The van der Waals surface area contributed by atoms with E-state index in [4.69, 9.17) is 9.47 Å². The lowest BCUT2D eigenvalue weighted by Gasteiger charge is -2.37. The van der Waals surface area contributed by atoms with Crippen LogP contribution >= 0.6 is 11.3 Å². The van der Waals surface area contributed by atoms with Crippen molar-refractivity contribution in [2.45, 2.75) is 38.3 Å². The first-order chi connectivity index (χ1) is 17.6. The monoisotopic (exact) mass is 504 g/mol. The fourth-order valence-electron chi connectivity index (χ4n) is 4.95. The molecule has 6 nitrogen and oxygen atoms in total. The zero-order valence-corrected chi connectivity index (χ0v) is 21.4. The Morgan fingerprint density at radius 1 is 1.11 bits per heavy atom. The summed E-state index contributed by atoms with van der Waals surface area (Å²) in [5.41, 5.74) is 2.83. The predicted molar refractivity (Wildman–Crippen MR) is 140 cm³/mol. The maximum Gasteiger partial charge on any atom is 0.254 e. The summed E-state index contributed by atoms with van der Waals surface area (Å²) in [7, 11) is 0. The minimum absolute atomic E-state index is 0.0217. The number of hydrogen-bond acceptors (Lipinski definition) is 5. The molecule has 0 aliphatic carbocycles. The van der Waals surface area contributed by atoms with E-state index in [9.17, 15) is 9.59 Å². The van der Waals surface area contributed by atoms with Crippen LogP contribution in [0.2, 0.25) is 0 Å². The SMILES string of the molecule is Cc1ccc(C(=O)N(CC(=O)N2CCc3sccc3C2COc2ccccc2)CC2CCCO2)cc1. The summed E-state index contributed by atoms with van der Waals surface area (Å²) in [6, 6.07) is 19.1. The van der Waals surface area contributed by atoms with Crippen LogP contribution in [0.3, 0.4) is 0 Å². The van der Waals surface area contributed by atoms with Gasteiger partial charge in [-0.2, -0.15) is 0 Å². The number of aryl methyl sites for hydroxylation is 1. The summed E-state index contributed by atoms with van der Waals surface area (Å²) in [6.07, 6.45) is 2.67. The molecule has 2 unspecified atom stereocenters. The van der Waals surface area contributed by atoms with Crippen LogP contribution in [-0.2, 0) is 16.0 Å². The van der Waals surface area contributed by atoms with Gasteiger partial charge in [0.25, 0.3) is 5.91 Å². The molecular weight excluding hydrogens is 472 g/mol. The number of rotatable bonds is 8. The molecule has 2 aliphatic heterocycles. The van der Waals surface area contributed by atoms with Crippen molar-refractivity contribution in [2.75, 3.05) is 32.8 Å². The summed E-state index contributed by atoms with van der Waals surface area (Å²) >= 11 is 1.73. The third kappa shape index (κ3) is 5.63. The fourth-order valence-corrected chi connectivity index (χ4v) is 5.88. The Morgan fingerprint density at radius 2 is 1.92 bits per heavy atom. The molecule has 188 valence electrons. The van der Waals surface area contributed by atoms with Crippen LogP contribution in [-0.4, -0.2) is 60.6 Å². The topological polar surface area (TPSA) is 59.1 Å². The first-order valence-corrected chi connectivity index (χ1v) is 13.5. The van der Waals surface area contributed by atoms with Crippen molar-refractivity contribution in [3.05, 3.63) is 87.6 Å². The Balaban J connectivity index is 1.35. The first kappa shape index (κ1) is 24.5. The van der Waals surface area contributed by atoms with Crippen LogP contribution in [0.1, 0.15) is 45.2 Å². The number of ether oxygens (including phenoxy) is 2. The molecule has 2 atom stereocenters. The van der Waals surface area contributed by atoms with Gasteiger partial charge in [0.15, 0.2) is 0 Å². The number of carbonyl (C=O) groups is 2. The van der Waals surface area contributed by atoms with Gasteiger partial charge in [0, 0.05) is 30.1 Å². The largest absolute Gasteiger partial charge is 0.491 e. The second-order valence-corrected chi connectivity index (χ2v) is 10.5. The van der Waals surface area contributed by atoms with Crippen LogP contribution in [0.4, 0.5) is 0 Å². The molecule has 5 rings (SSSR count). The van der Waals surface area contributed by atoms with Crippen LogP contribution in [0.25, 0.3) is 0 Å². The number of nitrogens with zero attached hydrogens (tertiary/aromatic N) is 2. The van der Waals surface area contributed by atoms with Gasteiger partial charge >= 0.3 is 0 Å². The van der Waals surface area contributed by atoms with Gasteiger partial charge in [0.2, 0.25) is 5.91 Å². The average molecular weight is 505 g/mol. The molecule has 0 N–H and O–H groups in total. The first-order valence-electron chi connectivity index (χ1n) is 12.6. The zero-order chi connectivity index (χ0) is 24.9.